The highest BCUT2D eigenvalue weighted by molar-refractivity contribution is 7.07. The van der Waals surface area contributed by atoms with Crippen molar-refractivity contribution >= 4 is 28.9 Å². The molecule has 3 aromatic rings. The number of hydrogen-bond donors (Lipinski definition) is 0. The molecule has 0 aliphatic carbocycles. The standard InChI is InChI=1S/C21H17NO4S/c1-14-3-2-4-17(9-14)21(25)26-11-20(24)16-7-5-15(6-8-16)10-19(23)18-12-27-13-22-18/h2-9,12-13H,10-11H2,1H3. The number of esters is 1. The first-order valence-corrected chi connectivity index (χ1v) is 9.24. The molecule has 0 atom stereocenters. The van der Waals surface area contributed by atoms with Crippen molar-refractivity contribution in [2.75, 3.05) is 6.61 Å². The van der Waals surface area contributed by atoms with Crippen LogP contribution < -0.4 is 0 Å². The number of Topliss-reactive ketones (excluding diaryl/α,β-unsaturated/α-hetero) is 2. The molecular formula is C21H17NO4S. The van der Waals surface area contributed by atoms with Crippen LogP contribution in [-0.2, 0) is 11.2 Å². The molecule has 6 heteroatoms. The third-order valence-electron chi connectivity index (χ3n) is 3.95. The van der Waals surface area contributed by atoms with E-state index in [-0.39, 0.29) is 24.6 Å². The lowest BCUT2D eigenvalue weighted by molar-refractivity contribution is 0.0474. The average Bonchev–Trinajstić information content (AvgIpc) is 3.21. The number of ether oxygens (including phenoxy) is 1. The van der Waals surface area contributed by atoms with Crippen molar-refractivity contribution in [3.05, 3.63) is 87.4 Å². The molecule has 0 unspecified atom stereocenters. The van der Waals surface area contributed by atoms with Gasteiger partial charge in [0.1, 0.15) is 5.69 Å². The summed E-state index contributed by atoms with van der Waals surface area (Å²) < 4.78 is 5.09. The molecule has 3 rings (SSSR count). The summed E-state index contributed by atoms with van der Waals surface area (Å²) >= 11 is 1.37. The zero-order chi connectivity index (χ0) is 19.2. The Kier molecular flexibility index (Phi) is 5.88. The van der Waals surface area contributed by atoms with Crippen LogP contribution in [0, 0.1) is 6.92 Å². The van der Waals surface area contributed by atoms with E-state index in [0.717, 1.165) is 11.1 Å². The van der Waals surface area contributed by atoms with Crippen LogP contribution in [0.2, 0.25) is 0 Å². The van der Waals surface area contributed by atoms with E-state index in [0.29, 0.717) is 16.8 Å². The second kappa shape index (κ2) is 8.51. The Bertz CT molecular complexity index is 962. The highest BCUT2D eigenvalue weighted by atomic mass is 32.1. The SMILES string of the molecule is Cc1cccc(C(=O)OCC(=O)c2ccc(CC(=O)c3cscn3)cc2)c1. The average molecular weight is 379 g/mol. The minimum Gasteiger partial charge on any atom is -0.454 e. The predicted octanol–water partition coefficient (Wildman–Crippen LogP) is 3.92. The zero-order valence-electron chi connectivity index (χ0n) is 14.7. The highest BCUT2D eigenvalue weighted by Gasteiger charge is 2.13. The summed E-state index contributed by atoms with van der Waals surface area (Å²) in [6.07, 6.45) is 0.223. The largest absolute Gasteiger partial charge is 0.454 e. The second-order valence-electron chi connectivity index (χ2n) is 6.04. The molecule has 0 aliphatic rings. The summed E-state index contributed by atoms with van der Waals surface area (Å²) in [5.74, 6) is -0.895. The van der Waals surface area contributed by atoms with Crippen LogP contribution in [0.1, 0.15) is 42.3 Å². The van der Waals surface area contributed by atoms with Gasteiger partial charge in [-0.1, -0.05) is 42.0 Å². The van der Waals surface area contributed by atoms with E-state index in [1.165, 1.54) is 11.3 Å². The van der Waals surface area contributed by atoms with Gasteiger partial charge in [0, 0.05) is 17.4 Å². The van der Waals surface area contributed by atoms with E-state index in [2.05, 4.69) is 4.98 Å². The number of nitrogens with zero attached hydrogens (tertiary/aromatic N) is 1. The quantitative estimate of drug-likeness (QED) is 0.460. The lowest BCUT2D eigenvalue weighted by Gasteiger charge is -2.06. The van der Waals surface area contributed by atoms with Crippen LogP contribution >= 0.6 is 11.3 Å². The highest BCUT2D eigenvalue weighted by Crippen LogP contribution is 2.11. The van der Waals surface area contributed by atoms with Gasteiger partial charge in [0.05, 0.1) is 11.1 Å². The van der Waals surface area contributed by atoms with Crippen LogP contribution in [0.15, 0.2) is 59.4 Å². The van der Waals surface area contributed by atoms with Crippen molar-refractivity contribution in [1.82, 2.24) is 4.98 Å². The number of carbonyl (C=O) groups is 3. The van der Waals surface area contributed by atoms with Crippen molar-refractivity contribution in [1.29, 1.82) is 0 Å². The van der Waals surface area contributed by atoms with Crippen LogP contribution in [0.5, 0.6) is 0 Å². The summed E-state index contributed by atoms with van der Waals surface area (Å²) in [6, 6.07) is 13.7. The zero-order valence-corrected chi connectivity index (χ0v) is 15.5. The summed E-state index contributed by atoms with van der Waals surface area (Å²) in [5, 5.41) is 1.71. The summed E-state index contributed by atoms with van der Waals surface area (Å²) in [4.78, 5) is 40.3. The van der Waals surface area contributed by atoms with Gasteiger partial charge in [-0.25, -0.2) is 9.78 Å². The number of ketones is 2. The van der Waals surface area contributed by atoms with Gasteiger partial charge in [0.25, 0.3) is 0 Å². The number of aromatic nitrogens is 1. The van der Waals surface area contributed by atoms with Crippen molar-refractivity contribution in [2.45, 2.75) is 13.3 Å². The van der Waals surface area contributed by atoms with Gasteiger partial charge in [0.2, 0.25) is 0 Å². The van der Waals surface area contributed by atoms with Crippen molar-refractivity contribution < 1.29 is 19.1 Å². The van der Waals surface area contributed by atoms with Gasteiger partial charge in [-0.2, -0.15) is 0 Å². The molecule has 0 N–H and O–H groups in total. The lowest BCUT2D eigenvalue weighted by atomic mass is 10.0. The Morgan fingerprint density at radius 2 is 1.78 bits per heavy atom. The number of carbonyl (C=O) groups excluding carboxylic acids is 3. The normalized spacial score (nSPS) is 10.4. The molecule has 1 aromatic heterocycles. The summed E-state index contributed by atoms with van der Waals surface area (Å²) in [6.45, 7) is 1.55. The Morgan fingerprint density at radius 1 is 1.00 bits per heavy atom. The van der Waals surface area contributed by atoms with Gasteiger partial charge in [-0.3, -0.25) is 9.59 Å². The maximum Gasteiger partial charge on any atom is 0.338 e. The smallest absolute Gasteiger partial charge is 0.338 e. The number of hydrogen-bond acceptors (Lipinski definition) is 6. The van der Waals surface area contributed by atoms with E-state index >= 15 is 0 Å². The molecule has 27 heavy (non-hydrogen) atoms. The molecule has 0 spiro atoms. The molecule has 1 heterocycles. The monoisotopic (exact) mass is 379 g/mol. The number of thiazole rings is 1. The molecule has 0 fully saturated rings. The summed E-state index contributed by atoms with van der Waals surface area (Å²) in [5.41, 5.74) is 4.64. The van der Waals surface area contributed by atoms with Gasteiger partial charge in [-0.05, 0) is 24.6 Å². The first-order chi connectivity index (χ1) is 13.0. The Balaban J connectivity index is 1.56. The molecule has 5 nitrogen and oxygen atoms in total. The molecule has 136 valence electrons. The molecule has 2 aromatic carbocycles. The Labute approximate surface area is 160 Å². The molecule has 0 saturated carbocycles. The maximum absolute atomic E-state index is 12.2. The van der Waals surface area contributed by atoms with Crippen molar-refractivity contribution in [3.63, 3.8) is 0 Å². The number of rotatable bonds is 7. The first-order valence-electron chi connectivity index (χ1n) is 8.30. The third kappa shape index (κ3) is 4.95. The van der Waals surface area contributed by atoms with E-state index < -0.39 is 5.97 Å². The van der Waals surface area contributed by atoms with Gasteiger partial charge in [-0.15, -0.1) is 11.3 Å². The minimum atomic E-state index is -0.530. The third-order valence-corrected chi connectivity index (χ3v) is 4.53. The fourth-order valence-corrected chi connectivity index (χ4v) is 3.06. The van der Waals surface area contributed by atoms with Crippen molar-refractivity contribution in [3.8, 4) is 0 Å². The molecule has 0 bridgehead atoms. The number of benzene rings is 2. The topological polar surface area (TPSA) is 73.3 Å². The van der Waals surface area contributed by atoms with Crippen LogP contribution in [0.3, 0.4) is 0 Å². The van der Waals surface area contributed by atoms with E-state index in [1.807, 2.05) is 13.0 Å². The molecule has 0 amide bonds. The first kappa shape index (κ1) is 18.7. The maximum atomic E-state index is 12.2. The molecule has 0 saturated heterocycles. The van der Waals surface area contributed by atoms with E-state index in [4.69, 9.17) is 4.74 Å². The number of aryl methyl sites for hydroxylation is 1. The predicted molar refractivity (Wildman–Crippen MR) is 102 cm³/mol. The van der Waals surface area contributed by atoms with Crippen LogP contribution in [0.4, 0.5) is 0 Å². The Hall–Kier alpha value is -3.12. The van der Waals surface area contributed by atoms with Crippen LogP contribution in [-0.4, -0.2) is 29.1 Å². The summed E-state index contributed by atoms with van der Waals surface area (Å²) in [7, 11) is 0. The Morgan fingerprint density at radius 3 is 2.44 bits per heavy atom. The molecule has 0 radical (unpaired) electrons. The van der Waals surface area contributed by atoms with Crippen molar-refractivity contribution in [2.24, 2.45) is 0 Å². The second-order valence-corrected chi connectivity index (χ2v) is 6.76. The van der Waals surface area contributed by atoms with E-state index in [1.54, 1.807) is 53.4 Å². The van der Waals surface area contributed by atoms with Gasteiger partial charge < -0.3 is 4.74 Å². The minimum absolute atomic E-state index is 0.0672. The van der Waals surface area contributed by atoms with Gasteiger partial charge >= 0.3 is 5.97 Å². The van der Waals surface area contributed by atoms with Crippen LogP contribution in [0.25, 0.3) is 0 Å². The molecular weight excluding hydrogens is 362 g/mol. The molecule has 0 aliphatic heterocycles. The van der Waals surface area contributed by atoms with Gasteiger partial charge in [0.15, 0.2) is 18.2 Å². The fourth-order valence-electron chi connectivity index (χ4n) is 2.50. The van der Waals surface area contributed by atoms with E-state index in [9.17, 15) is 14.4 Å². The fraction of sp³-hybridized carbons (Fsp3) is 0.143. The lowest BCUT2D eigenvalue weighted by Crippen LogP contribution is -2.14.